The minimum Gasteiger partial charge on any atom is -0.469 e. The molecule has 0 bridgehead atoms. The molecule has 0 unspecified atom stereocenters. The van der Waals surface area contributed by atoms with Crippen molar-refractivity contribution < 1.29 is 9.15 Å². The lowest BCUT2D eigenvalue weighted by Crippen LogP contribution is -2.39. The van der Waals surface area contributed by atoms with Gasteiger partial charge in [-0.05, 0) is 37.8 Å². The van der Waals surface area contributed by atoms with Gasteiger partial charge in [-0.2, -0.15) is 0 Å². The Morgan fingerprint density at radius 3 is 2.82 bits per heavy atom. The van der Waals surface area contributed by atoms with E-state index < -0.39 is 0 Å². The number of aliphatic imine (C=N–C) groups is 1. The fourth-order valence-electron chi connectivity index (χ4n) is 1.91. The molecule has 0 fully saturated rings. The lowest BCUT2D eigenvalue weighted by Gasteiger charge is -2.13. The predicted molar refractivity (Wildman–Crippen MR) is 91.3 cm³/mol. The molecule has 0 amide bonds. The molecule has 1 rings (SSSR count). The number of guanidine groups is 1. The molecule has 0 spiro atoms. The molecule has 1 aromatic heterocycles. The summed E-state index contributed by atoms with van der Waals surface area (Å²) in [5.41, 5.74) is 0. The quantitative estimate of drug-likeness (QED) is 0.375. The number of hydrogen-bond acceptors (Lipinski definition) is 3. The van der Waals surface area contributed by atoms with Gasteiger partial charge in [0.25, 0.3) is 0 Å². The second-order valence-electron chi connectivity index (χ2n) is 5.65. The zero-order valence-corrected chi connectivity index (χ0v) is 14.2. The summed E-state index contributed by atoms with van der Waals surface area (Å²) in [6.07, 6.45) is 4.65. The summed E-state index contributed by atoms with van der Waals surface area (Å²) in [7, 11) is 0. The topological polar surface area (TPSA) is 58.8 Å². The molecule has 22 heavy (non-hydrogen) atoms. The number of hydrogen-bond donors (Lipinski definition) is 2. The van der Waals surface area contributed by atoms with Crippen LogP contribution in [-0.4, -0.2) is 38.8 Å². The summed E-state index contributed by atoms with van der Waals surface area (Å²) in [5.74, 6) is 2.56. The highest BCUT2D eigenvalue weighted by molar-refractivity contribution is 5.79. The van der Waals surface area contributed by atoms with Gasteiger partial charge in [-0.1, -0.05) is 13.8 Å². The van der Waals surface area contributed by atoms with Gasteiger partial charge < -0.3 is 19.8 Å². The standard InChI is InChI=1S/C17H31N3O2/c1-4-21-13-6-10-18-17(19-11-8-15(2)3)20-12-9-16-7-5-14-22-16/h5,7,14-15H,4,6,8-13H2,1-3H3,(H2,18,19,20). The average Bonchev–Trinajstić information content (AvgIpc) is 2.99. The van der Waals surface area contributed by atoms with Crippen LogP contribution in [0.5, 0.6) is 0 Å². The Morgan fingerprint density at radius 2 is 2.14 bits per heavy atom. The second kappa shape index (κ2) is 12.1. The normalized spacial score (nSPS) is 11.9. The largest absolute Gasteiger partial charge is 0.469 e. The molecule has 1 aromatic rings. The Labute approximate surface area is 134 Å². The molecule has 2 N–H and O–H groups in total. The maximum Gasteiger partial charge on any atom is 0.191 e. The smallest absolute Gasteiger partial charge is 0.191 e. The van der Waals surface area contributed by atoms with Crippen LogP contribution in [0.15, 0.2) is 27.8 Å². The van der Waals surface area contributed by atoms with Crippen LogP contribution >= 0.6 is 0 Å². The van der Waals surface area contributed by atoms with Crippen molar-refractivity contribution in [2.75, 3.05) is 32.8 Å². The van der Waals surface area contributed by atoms with Crippen LogP contribution in [0.4, 0.5) is 0 Å². The molecule has 0 radical (unpaired) electrons. The molecule has 0 saturated heterocycles. The maximum atomic E-state index is 5.34. The zero-order chi connectivity index (χ0) is 16.0. The van der Waals surface area contributed by atoms with Gasteiger partial charge in [-0.25, -0.2) is 0 Å². The fraction of sp³-hybridized carbons (Fsp3) is 0.706. The van der Waals surface area contributed by atoms with Crippen LogP contribution in [0.2, 0.25) is 0 Å². The number of ether oxygens (including phenoxy) is 1. The van der Waals surface area contributed by atoms with Gasteiger partial charge in [-0.15, -0.1) is 0 Å². The van der Waals surface area contributed by atoms with Crippen LogP contribution < -0.4 is 10.6 Å². The first-order valence-electron chi connectivity index (χ1n) is 8.34. The lowest BCUT2D eigenvalue weighted by atomic mass is 10.1. The van der Waals surface area contributed by atoms with E-state index in [4.69, 9.17) is 9.15 Å². The predicted octanol–water partition coefficient (Wildman–Crippen LogP) is 2.83. The van der Waals surface area contributed by atoms with Crippen molar-refractivity contribution in [3.63, 3.8) is 0 Å². The van der Waals surface area contributed by atoms with E-state index in [9.17, 15) is 0 Å². The van der Waals surface area contributed by atoms with Crippen molar-refractivity contribution in [3.8, 4) is 0 Å². The third-order valence-electron chi connectivity index (χ3n) is 3.18. The molecular formula is C17H31N3O2. The zero-order valence-electron chi connectivity index (χ0n) is 14.2. The average molecular weight is 309 g/mol. The Morgan fingerprint density at radius 1 is 1.32 bits per heavy atom. The van der Waals surface area contributed by atoms with E-state index in [1.54, 1.807) is 6.26 Å². The Balaban J connectivity index is 2.30. The highest BCUT2D eigenvalue weighted by Gasteiger charge is 2.01. The summed E-state index contributed by atoms with van der Waals surface area (Å²) in [5, 5.41) is 6.75. The van der Waals surface area contributed by atoms with Crippen LogP contribution in [0.1, 0.15) is 39.4 Å². The highest BCUT2D eigenvalue weighted by atomic mass is 16.5. The minimum atomic E-state index is 0.690. The summed E-state index contributed by atoms with van der Waals surface area (Å²) in [4.78, 5) is 4.60. The van der Waals surface area contributed by atoms with E-state index in [1.807, 2.05) is 19.1 Å². The minimum absolute atomic E-state index is 0.690. The van der Waals surface area contributed by atoms with Crippen molar-refractivity contribution in [2.45, 2.75) is 40.0 Å². The van der Waals surface area contributed by atoms with Crippen molar-refractivity contribution >= 4 is 5.96 Å². The summed E-state index contributed by atoms with van der Waals surface area (Å²) in [6.45, 7) is 10.5. The van der Waals surface area contributed by atoms with Crippen molar-refractivity contribution in [1.82, 2.24) is 10.6 Å². The van der Waals surface area contributed by atoms with E-state index in [-0.39, 0.29) is 0 Å². The van der Waals surface area contributed by atoms with E-state index in [0.29, 0.717) is 5.92 Å². The Bertz CT molecular complexity index is 389. The van der Waals surface area contributed by atoms with Gasteiger partial charge in [-0.3, -0.25) is 4.99 Å². The molecule has 5 nitrogen and oxygen atoms in total. The molecule has 0 aliphatic rings. The monoisotopic (exact) mass is 309 g/mol. The molecule has 0 saturated carbocycles. The van der Waals surface area contributed by atoms with Crippen molar-refractivity contribution in [3.05, 3.63) is 24.2 Å². The Hall–Kier alpha value is -1.49. The first-order valence-corrected chi connectivity index (χ1v) is 8.34. The van der Waals surface area contributed by atoms with Gasteiger partial charge in [0.15, 0.2) is 5.96 Å². The number of nitrogens with one attached hydrogen (secondary N) is 2. The highest BCUT2D eigenvalue weighted by Crippen LogP contribution is 1.99. The van der Waals surface area contributed by atoms with Crippen LogP contribution in [0.3, 0.4) is 0 Å². The third-order valence-corrected chi connectivity index (χ3v) is 3.18. The van der Waals surface area contributed by atoms with E-state index in [0.717, 1.165) is 63.8 Å². The molecule has 0 atom stereocenters. The molecule has 1 heterocycles. The maximum absolute atomic E-state index is 5.34. The van der Waals surface area contributed by atoms with Gasteiger partial charge in [0.05, 0.1) is 6.26 Å². The Kier molecular flexibility index (Phi) is 10.2. The number of nitrogens with zero attached hydrogens (tertiary/aromatic N) is 1. The van der Waals surface area contributed by atoms with E-state index >= 15 is 0 Å². The van der Waals surface area contributed by atoms with Gasteiger partial charge in [0.2, 0.25) is 0 Å². The van der Waals surface area contributed by atoms with Gasteiger partial charge in [0.1, 0.15) is 5.76 Å². The van der Waals surface area contributed by atoms with E-state index in [2.05, 4.69) is 29.5 Å². The van der Waals surface area contributed by atoms with Crippen molar-refractivity contribution in [1.29, 1.82) is 0 Å². The van der Waals surface area contributed by atoms with Gasteiger partial charge in [0, 0.05) is 39.3 Å². The molecule has 126 valence electrons. The fourth-order valence-corrected chi connectivity index (χ4v) is 1.91. The van der Waals surface area contributed by atoms with Crippen LogP contribution in [-0.2, 0) is 11.2 Å². The number of rotatable bonds is 11. The van der Waals surface area contributed by atoms with Crippen molar-refractivity contribution in [2.24, 2.45) is 10.9 Å². The molecule has 0 aromatic carbocycles. The molecule has 5 heteroatoms. The first-order chi connectivity index (χ1) is 10.7. The molecular weight excluding hydrogens is 278 g/mol. The van der Waals surface area contributed by atoms with Gasteiger partial charge >= 0.3 is 0 Å². The number of furan rings is 1. The second-order valence-corrected chi connectivity index (χ2v) is 5.65. The molecule has 0 aliphatic heterocycles. The third kappa shape index (κ3) is 9.45. The summed E-state index contributed by atoms with van der Waals surface area (Å²) in [6, 6.07) is 3.91. The lowest BCUT2D eigenvalue weighted by molar-refractivity contribution is 0.146. The first kappa shape index (κ1) is 18.6. The SMILES string of the molecule is CCOCCCN=C(NCCc1ccco1)NCCC(C)C. The van der Waals surface area contributed by atoms with Crippen LogP contribution in [0.25, 0.3) is 0 Å². The van der Waals surface area contributed by atoms with E-state index in [1.165, 1.54) is 0 Å². The summed E-state index contributed by atoms with van der Waals surface area (Å²) < 4.78 is 10.7. The van der Waals surface area contributed by atoms with Crippen LogP contribution in [0, 0.1) is 5.92 Å². The summed E-state index contributed by atoms with van der Waals surface area (Å²) >= 11 is 0. The molecule has 0 aliphatic carbocycles.